The number of hydrogen-bond acceptors (Lipinski definition) is 5. The first kappa shape index (κ1) is 22.0. The van der Waals surface area contributed by atoms with Gasteiger partial charge in [0.1, 0.15) is 11.9 Å². The largest absolute Gasteiger partial charge is 0.507 e. The van der Waals surface area contributed by atoms with E-state index in [1.54, 1.807) is 25.2 Å². The number of nitrogens with zero attached hydrogens (tertiary/aromatic N) is 4. The minimum atomic E-state index is -0.876. The highest BCUT2D eigenvalue weighted by Crippen LogP contribution is 2.34. The Kier molecular flexibility index (Phi) is 6.90. The predicted molar refractivity (Wildman–Crippen MR) is 118 cm³/mol. The molecule has 1 N–H and O–H groups in total. The summed E-state index contributed by atoms with van der Waals surface area (Å²) in [6, 6.07) is 8.39. The molecular weight excluding hydrogens is 383 g/mol. The van der Waals surface area contributed by atoms with Gasteiger partial charge in [-0.25, -0.2) is 4.39 Å². The zero-order valence-corrected chi connectivity index (χ0v) is 18.2. The van der Waals surface area contributed by atoms with E-state index in [0.717, 1.165) is 32.1 Å². The topological polar surface area (TPSA) is 69.6 Å². The van der Waals surface area contributed by atoms with Crippen LogP contribution < -0.4 is 9.80 Å². The van der Waals surface area contributed by atoms with Crippen molar-refractivity contribution in [2.45, 2.75) is 58.2 Å². The van der Waals surface area contributed by atoms with Crippen LogP contribution in [-0.2, 0) is 4.79 Å². The summed E-state index contributed by atoms with van der Waals surface area (Å²) in [5.74, 6) is 0.616. The maximum absolute atomic E-state index is 15.1. The molecule has 30 heavy (non-hydrogen) atoms. The van der Waals surface area contributed by atoms with E-state index in [-0.39, 0.29) is 23.6 Å². The third-order valence-electron chi connectivity index (χ3n) is 6.29. The van der Waals surface area contributed by atoms with Gasteiger partial charge in [0, 0.05) is 38.3 Å². The minimum absolute atomic E-state index is 0.0226. The summed E-state index contributed by atoms with van der Waals surface area (Å²) >= 11 is 0. The molecule has 7 heteroatoms. The van der Waals surface area contributed by atoms with Gasteiger partial charge >= 0.3 is 0 Å². The number of amides is 1. The molecule has 1 aliphatic rings. The Morgan fingerprint density at radius 3 is 2.50 bits per heavy atom. The van der Waals surface area contributed by atoms with Crippen molar-refractivity contribution in [2.24, 2.45) is 5.92 Å². The van der Waals surface area contributed by atoms with E-state index in [0.29, 0.717) is 22.8 Å². The first-order chi connectivity index (χ1) is 14.3. The number of rotatable bonds is 5. The Morgan fingerprint density at radius 1 is 1.17 bits per heavy atom. The minimum Gasteiger partial charge on any atom is -0.507 e. The number of hydrogen-bond donors (Lipinski definition) is 1. The van der Waals surface area contributed by atoms with Crippen molar-refractivity contribution < 1.29 is 14.3 Å². The fraction of sp³-hybridized carbons (Fsp3) is 0.522. The van der Waals surface area contributed by atoms with Crippen LogP contribution in [-0.4, -0.2) is 47.5 Å². The van der Waals surface area contributed by atoms with Crippen LogP contribution in [0, 0.1) is 5.92 Å². The van der Waals surface area contributed by atoms with E-state index < -0.39 is 6.17 Å². The van der Waals surface area contributed by atoms with Gasteiger partial charge in [0.2, 0.25) is 5.91 Å². The standard InChI is InChI=1S/C23H31FN4O2/c1-5-16-8-6-7-9-20(23(16)24)28(4)22-13-12-19(25-26-22)18-11-10-17(14-21(18)30)27(3)15(2)29/h10-14,16,20,23,30H,5-9H2,1-4H3/t16-,20+,23-/m1/s1. The highest BCUT2D eigenvalue weighted by molar-refractivity contribution is 5.91. The molecular formula is C23H31FN4O2. The Hall–Kier alpha value is -2.70. The van der Waals surface area contributed by atoms with Crippen LogP contribution in [0.25, 0.3) is 11.3 Å². The maximum Gasteiger partial charge on any atom is 0.223 e. The Labute approximate surface area is 177 Å². The highest BCUT2D eigenvalue weighted by atomic mass is 19.1. The molecule has 162 valence electrons. The molecule has 1 fully saturated rings. The number of aromatic hydroxyl groups is 1. The average molecular weight is 415 g/mol. The molecule has 0 unspecified atom stereocenters. The number of aromatic nitrogens is 2. The third-order valence-corrected chi connectivity index (χ3v) is 6.29. The average Bonchev–Trinajstić information content (AvgIpc) is 2.93. The van der Waals surface area contributed by atoms with Gasteiger partial charge in [0.25, 0.3) is 0 Å². The van der Waals surface area contributed by atoms with Crippen LogP contribution in [0.5, 0.6) is 5.75 Å². The summed E-state index contributed by atoms with van der Waals surface area (Å²) < 4.78 is 15.1. The molecule has 0 saturated heterocycles. The number of phenolic OH excluding ortho intramolecular Hbond substituents is 1. The Bertz CT molecular complexity index is 874. The second kappa shape index (κ2) is 9.41. The van der Waals surface area contributed by atoms with E-state index in [9.17, 15) is 9.90 Å². The lowest BCUT2D eigenvalue weighted by molar-refractivity contribution is -0.116. The number of alkyl halides is 1. The molecule has 0 bridgehead atoms. The van der Waals surface area contributed by atoms with Gasteiger partial charge in [-0.2, -0.15) is 0 Å². The summed E-state index contributed by atoms with van der Waals surface area (Å²) in [4.78, 5) is 14.9. The molecule has 1 amide bonds. The number of anilines is 2. The molecule has 0 aliphatic heterocycles. The molecule has 1 saturated carbocycles. The number of phenols is 1. The summed E-state index contributed by atoms with van der Waals surface area (Å²) in [6.07, 6.45) is 3.82. The van der Waals surface area contributed by atoms with Crippen molar-refractivity contribution in [3.05, 3.63) is 30.3 Å². The molecule has 3 rings (SSSR count). The third kappa shape index (κ3) is 4.55. The van der Waals surface area contributed by atoms with Gasteiger partial charge in [-0.3, -0.25) is 4.79 Å². The van der Waals surface area contributed by atoms with Crippen molar-refractivity contribution in [3.8, 4) is 17.0 Å². The van der Waals surface area contributed by atoms with Crippen LogP contribution in [0.2, 0.25) is 0 Å². The van der Waals surface area contributed by atoms with Crippen LogP contribution >= 0.6 is 0 Å². The van der Waals surface area contributed by atoms with E-state index in [1.165, 1.54) is 17.9 Å². The quantitative estimate of drug-likeness (QED) is 0.726. The Balaban J connectivity index is 1.80. The van der Waals surface area contributed by atoms with Crippen molar-refractivity contribution in [1.29, 1.82) is 0 Å². The first-order valence-electron chi connectivity index (χ1n) is 10.6. The monoisotopic (exact) mass is 414 g/mol. The molecule has 1 aliphatic carbocycles. The summed E-state index contributed by atoms with van der Waals surface area (Å²) in [6.45, 7) is 3.52. The molecule has 2 aromatic rings. The lowest BCUT2D eigenvalue weighted by atomic mass is 9.93. The molecule has 0 radical (unpaired) electrons. The van der Waals surface area contributed by atoms with Gasteiger partial charge in [0.15, 0.2) is 5.82 Å². The van der Waals surface area contributed by atoms with Gasteiger partial charge in [-0.15, -0.1) is 10.2 Å². The fourth-order valence-corrected chi connectivity index (χ4v) is 4.18. The van der Waals surface area contributed by atoms with Crippen LogP contribution in [0.1, 0.15) is 46.0 Å². The van der Waals surface area contributed by atoms with E-state index in [2.05, 4.69) is 17.1 Å². The van der Waals surface area contributed by atoms with Crippen LogP contribution in [0.15, 0.2) is 30.3 Å². The second-order valence-corrected chi connectivity index (χ2v) is 8.13. The van der Waals surface area contributed by atoms with E-state index in [1.807, 2.05) is 18.0 Å². The molecule has 1 aromatic carbocycles. The van der Waals surface area contributed by atoms with Gasteiger partial charge < -0.3 is 14.9 Å². The fourth-order valence-electron chi connectivity index (χ4n) is 4.18. The van der Waals surface area contributed by atoms with Gasteiger partial charge in [-0.1, -0.05) is 26.2 Å². The van der Waals surface area contributed by atoms with Crippen molar-refractivity contribution in [3.63, 3.8) is 0 Å². The smallest absolute Gasteiger partial charge is 0.223 e. The zero-order chi connectivity index (χ0) is 21.8. The van der Waals surface area contributed by atoms with Crippen LogP contribution in [0.3, 0.4) is 0 Å². The predicted octanol–water partition coefficient (Wildman–Crippen LogP) is 4.58. The highest BCUT2D eigenvalue weighted by Gasteiger charge is 2.33. The number of benzene rings is 1. The lowest BCUT2D eigenvalue weighted by Gasteiger charge is -2.33. The summed E-state index contributed by atoms with van der Waals surface area (Å²) in [5.41, 5.74) is 1.65. The molecule has 1 aromatic heterocycles. The number of carbonyl (C=O) groups is 1. The summed E-state index contributed by atoms with van der Waals surface area (Å²) in [5, 5.41) is 19.0. The SMILES string of the molecule is CC[C@@H]1CCCC[C@H](N(C)c2ccc(-c3ccc(N(C)C(C)=O)cc3O)nn2)[C@@H]1F. The second-order valence-electron chi connectivity index (χ2n) is 8.13. The number of halogens is 1. The summed E-state index contributed by atoms with van der Waals surface area (Å²) in [7, 11) is 3.53. The van der Waals surface area contributed by atoms with Gasteiger partial charge in [0.05, 0.1) is 11.7 Å². The zero-order valence-electron chi connectivity index (χ0n) is 18.2. The number of carbonyl (C=O) groups excluding carboxylic acids is 1. The van der Waals surface area contributed by atoms with E-state index in [4.69, 9.17) is 0 Å². The molecule has 1 heterocycles. The van der Waals surface area contributed by atoms with E-state index >= 15 is 4.39 Å². The Morgan fingerprint density at radius 2 is 1.90 bits per heavy atom. The molecule has 6 nitrogen and oxygen atoms in total. The maximum atomic E-state index is 15.1. The van der Waals surface area contributed by atoms with Crippen LogP contribution in [0.4, 0.5) is 15.9 Å². The molecule has 0 spiro atoms. The van der Waals surface area contributed by atoms with Crippen molar-refractivity contribution in [2.75, 3.05) is 23.9 Å². The molecule has 3 atom stereocenters. The van der Waals surface area contributed by atoms with Gasteiger partial charge in [-0.05, 0) is 43.0 Å². The normalized spacial score (nSPS) is 21.7. The van der Waals surface area contributed by atoms with Crippen molar-refractivity contribution >= 4 is 17.4 Å². The first-order valence-corrected chi connectivity index (χ1v) is 10.6. The lowest BCUT2D eigenvalue weighted by Crippen LogP contribution is -2.42. The van der Waals surface area contributed by atoms with Crippen molar-refractivity contribution in [1.82, 2.24) is 10.2 Å².